The maximum atomic E-state index is 6.19. The number of nitrogens with two attached hydrogens (primary N) is 1. The third-order valence-electron chi connectivity index (χ3n) is 2.63. The Kier molecular flexibility index (Phi) is 3.27. The van der Waals surface area contributed by atoms with Gasteiger partial charge in [0, 0.05) is 4.88 Å². The van der Waals surface area contributed by atoms with E-state index in [9.17, 15) is 0 Å². The van der Waals surface area contributed by atoms with Crippen LogP contribution >= 0.6 is 11.3 Å². The topological polar surface area (TPSA) is 35.2 Å². The van der Waals surface area contributed by atoms with Gasteiger partial charge in [-0.3, -0.25) is 0 Å². The first-order valence-electron chi connectivity index (χ1n) is 5.16. The Bertz CT molecular complexity index is 465. The van der Waals surface area contributed by atoms with Gasteiger partial charge in [-0.1, -0.05) is 18.2 Å². The summed E-state index contributed by atoms with van der Waals surface area (Å²) in [5.74, 6) is 0.905. The van der Waals surface area contributed by atoms with Crippen molar-refractivity contribution in [3.63, 3.8) is 0 Å². The van der Waals surface area contributed by atoms with Crippen LogP contribution in [0, 0.1) is 6.92 Å². The Morgan fingerprint density at radius 1 is 1.31 bits per heavy atom. The van der Waals surface area contributed by atoms with Crippen LogP contribution in [-0.4, -0.2) is 7.11 Å². The molecule has 84 valence electrons. The van der Waals surface area contributed by atoms with Gasteiger partial charge < -0.3 is 10.5 Å². The van der Waals surface area contributed by atoms with Gasteiger partial charge in [0.05, 0.1) is 13.2 Å². The predicted molar refractivity (Wildman–Crippen MR) is 68.1 cm³/mol. The fourth-order valence-electron chi connectivity index (χ4n) is 1.73. The molecule has 16 heavy (non-hydrogen) atoms. The molecule has 0 aliphatic heterocycles. The average molecular weight is 233 g/mol. The molecule has 0 spiro atoms. The fraction of sp³-hybridized carbons (Fsp3) is 0.231. The second kappa shape index (κ2) is 4.68. The molecule has 0 bridgehead atoms. The lowest BCUT2D eigenvalue weighted by Crippen LogP contribution is -2.10. The van der Waals surface area contributed by atoms with Gasteiger partial charge in [0.1, 0.15) is 5.75 Å². The van der Waals surface area contributed by atoms with Gasteiger partial charge in [0.25, 0.3) is 0 Å². The summed E-state index contributed by atoms with van der Waals surface area (Å²) in [7, 11) is 1.68. The molecule has 3 heteroatoms. The zero-order chi connectivity index (χ0) is 11.5. The molecule has 1 aromatic heterocycles. The number of hydrogen-bond acceptors (Lipinski definition) is 3. The minimum Gasteiger partial charge on any atom is -0.496 e. The highest BCUT2D eigenvalue weighted by molar-refractivity contribution is 7.10. The van der Waals surface area contributed by atoms with Crippen molar-refractivity contribution in [3.05, 3.63) is 51.7 Å². The van der Waals surface area contributed by atoms with Gasteiger partial charge in [-0.15, -0.1) is 11.3 Å². The van der Waals surface area contributed by atoms with Crippen LogP contribution < -0.4 is 10.5 Å². The second-order valence-electron chi connectivity index (χ2n) is 3.72. The summed E-state index contributed by atoms with van der Waals surface area (Å²) in [6.45, 7) is 2.03. The summed E-state index contributed by atoms with van der Waals surface area (Å²) in [6.07, 6.45) is 0. The van der Waals surface area contributed by atoms with Crippen LogP contribution in [-0.2, 0) is 0 Å². The first kappa shape index (κ1) is 11.2. The zero-order valence-corrected chi connectivity index (χ0v) is 10.3. The summed E-state index contributed by atoms with van der Waals surface area (Å²) < 4.78 is 5.23. The molecule has 0 aliphatic carbocycles. The van der Waals surface area contributed by atoms with Gasteiger partial charge in [-0.25, -0.2) is 0 Å². The highest BCUT2D eigenvalue weighted by atomic mass is 32.1. The SMILES string of the molecule is COc1ccc([C@@H](N)c2cccs2)cc1C. The molecule has 1 atom stereocenters. The summed E-state index contributed by atoms with van der Waals surface area (Å²) in [6, 6.07) is 10.1. The van der Waals surface area contributed by atoms with Crippen molar-refractivity contribution in [1.82, 2.24) is 0 Å². The summed E-state index contributed by atoms with van der Waals surface area (Å²) in [5.41, 5.74) is 8.43. The predicted octanol–water partition coefficient (Wildman–Crippen LogP) is 3.11. The first-order chi connectivity index (χ1) is 7.72. The Morgan fingerprint density at radius 3 is 2.69 bits per heavy atom. The molecule has 0 amide bonds. The minimum atomic E-state index is -0.0374. The molecule has 2 rings (SSSR count). The molecule has 0 unspecified atom stereocenters. The van der Waals surface area contributed by atoms with E-state index in [1.54, 1.807) is 18.4 Å². The molecule has 0 radical (unpaired) electrons. The van der Waals surface area contributed by atoms with Crippen molar-refractivity contribution < 1.29 is 4.74 Å². The highest BCUT2D eigenvalue weighted by Crippen LogP contribution is 2.27. The number of benzene rings is 1. The average Bonchev–Trinajstić information content (AvgIpc) is 2.81. The van der Waals surface area contributed by atoms with Crippen LogP contribution in [0.15, 0.2) is 35.7 Å². The van der Waals surface area contributed by atoms with E-state index in [2.05, 4.69) is 12.1 Å². The summed E-state index contributed by atoms with van der Waals surface area (Å²) >= 11 is 1.69. The van der Waals surface area contributed by atoms with Crippen LogP contribution in [0.2, 0.25) is 0 Å². The molecule has 0 aliphatic rings. The standard InChI is InChI=1S/C13H15NOS/c1-9-8-10(5-6-11(9)15-2)13(14)12-4-3-7-16-12/h3-8,13H,14H2,1-2H3/t13-/m1/s1. The number of methoxy groups -OCH3 is 1. The van der Waals surface area contributed by atoms with Crippen molar-refractivity contribution in [1.29, 1.82) is 0 Å². The third-order valence-corrected chi connectivity index (χ3v) is 3.58. The van der Waals surface area contributed by atoms with Crippen LogP contribution in [0.4, 0.5) is 0 Å². The normalized spacial score (nSPS) is 12.4. The number of ether oxygens (including phenoxy) is 1. The van der Waals surface area contributed by atoms with Crippen molar-refractivity contribution in [2.24, 2.45) is 5.73 Å². The maximum Gasteiger partial charge on any atom is 0.121 e. The summed E-state index contributed by atoms with van der Waals surface area (Å²) in [5, 5.41) is 2.05. The molecule has 0 fully saturated rings. The summed E-state index contributed by atoms with van der Waals surface area (Å²) in [4.78, 5) is 1.18. The Balaban J connectivity index is 2.31. The first-order valence-corrected chi connectivity index (χ1v) is 6.04. The lowest BCUT2D eigenvalue weighted by molar-refractivity contribution is 0.411. The largest absolute Gasteiger partial charge is 0.496 e. The van der Waals surface area contributed by atoms with E-state index in [-0.39, 0.29) is 6.04 Å². The Morgan fingerprint density at radius 2 is 2.12 bits per heavy atom. The molecule has 0 saturated heterocycles. The van der Waals surface area contributed by atoms with Gasteiger partial charge in [-0.05, 0) is 35.6 Å². The van der Waals surface area contributed by atoms with Crippen LogP contribution in [0.25, 0.3) is 0 Å². The second-order valence-corrected chi connectivity index (χ2v) is 4.70. The highest BCUT2D eigenvalue weighted by Gasteiger charge is 2.10. The van der Waals surface area contributed by atoms with E-state index in [0.29, 0.717) is 0 Å². The number of aryl methyl sites for hydroxylation is 1. The van der Waals surface area contributed by atoms with Gasteiger partial charge in [0.15, 0.2) is 0 Å². The molecule has 0 saturated carbocycles. The van der Waals surface area contributed by atoms with Crippen molar-refractivity contribution in [2.45, 2.75) is 13.0 Å². The van der Waals surface area contributed by atoms with Gasteiger partial charge >= 0.3 is 0 Å². The molecule has 1 aromatic carbocycles. The maximum absolute atomic E-state index is 6.19. The number of hydrogen-bond donors (Lipinski definition) is 1. The van der Waals surface area contributed by atoms with Crippen molar-refractivity contribution in [3.8, 4) is 5.75 Å². The molecule has 2 aromatic rings. The van der Waals surface area contributed by atoms with E-state index >= 15 is 0 Å². The molecular formula is C13H15NOS. The Labute approximate surface area is 99.7 Å². The van der Waals surface area contributed by atoms with Gasteiger partial charge in [-0.2, -0.15) is 0 Å². The van der Waals surface area contributed by atoms with Crippen LogP contribution in [0.1, 0.15) is 22.0 Å². The lowest BCUT2D eigenvalue weighted by Gasteiger charge is -2.12. The minimum absolute atomic E-state index is 0.0374. The van der Waals surface area contributed by atoms with Crippen LogP contribution in [0.5, 0.6) is 5.75 Å². The Hall–Kier alpha value is -1.32. The molecular weight excluding hydrogens is 218 g/mol. The quantitative estimate of drug-likeness (QED) is 0.884. The number of rotatable bonds is 3. The van der Waals surface area contributed by atoms with Crippen molar-refractivity contribution in [2.75, 3.05) is 7.11 Å². The number of thiophene rings is 1. The van der Waals surface area contributed by atoms with E-state index in [1.165, 1.54) is 4.88 Å². The van der Waals surface area contributed by atoms with E-state index in [0.717, 1.165) is 16.9 Å². The zero-order valence-electron chi connectivity index (χ0n) is 9.44. The molecule has 1 heterocycles. The smallest absolute Gasteiger partial charge is 0.121 e. The fourth-order valence-corrected chi connectivity index (χ4v) is 2.48. The molecule has 2 nitrogen and oxygen atoms in total. The van der Waals surface area contributed by atoms with Crippen molar-refractivity contribution >= 4 is 11.3 Å². The third kappa shape index (κ3) is 2.10. The van der Waals surface area contributed by atoms with E-state index in [1.807, 2.05) is 30.5 Å². The monoisotopic (exact) mass is 233 g/mol. The van der Waals surface area contributed by atoms with Gasteiger partial charge in [0.2, 0.25) is 0 Å². The van der Waals surface area contributed by atoms with E-state index < -0.39 is 0 Å². The molecule has 2 N–H and O–H groups in total. The van der Waals surface area contributed by atoms with Crippen LogP contribution in [0.3, 0.4) is 0 Å². The van der Waals surface area contributed by atoms with E-state index in [4.69, 9.17) is 10.5 Å². The lowest BCUT2D eigenvalue weighted by atomic mass is 10.0.